The molecule has 1 aromatic rings. The van der Waals surface area contributed by atoms with Gasteiger partial charge >= 0.3 is 0 Å². The van der Waals surface area contributed by atoms with Crippen molar-refractivity contribution >= 4 is 6.08 Å². The topological polar surface area (TPSA) is 53.6 Å². The maximum atomic E-state index is 10.9. The second kappa shape index (κ2) is 4.31. The van der Waals surface area contributed by atoms with E-state index in [4.69, 9.17) is 4.42 Å². The van der Waals surface area contributed by atoms with Crippen molar-refractivity contribution in [3.63, 3.8) is 0 Å². The van der Waals surface area contributed by atoms with E-state index in [0.29, 0.717) is 17.8 Å². The summed E-state index contributed by atoms with van der Waals surface area (Å²) in [6, 6.07) is 2.16. The van der Waals surface area contributed by atoms with Gasteiger partial charge in [0.15, 0.2) is 0 Å². The highest BCUT2D eigenvalue weighted by atomic mass is 16.3. The first-order valence-electron chi connectivity index (χ1n) is 9.11. The summed E-state index contributed by atoms with van der Waals surface area (Å²) < 4.78 is 5.64. The number of fused-ring (bicyclic) bond motifs is 5. The molecule has 5 rings (SSSR count). The fourth-order valence-electron chi connectivity index (χ4n) is 7.06. The zero-order valence-electron chi connectivity index (χ0n) is 13.8. The fourth-order valence-corrected chi connectivity index (χ4v) is 7.06. The van der Waals surface area contributed by atoms with E-state index < -0.39 is 5.60 Å². The van der Waals surface area contributed by atoms with Crippen molar-refractivity contribution in [1.29, 1.82) is 0 Å². The molecule has 1 spiro atoms. The molecule has 0 saturated heterocycles. The lowest BCUT2D eigenvalue weighted by atomic mass is 9.46. The van der Waals surface area contributed by atoms with Gasteiger partial charge in [-0.15, -0.1) is 0 Å². The third-order valence-electron chi connectivity index (χ3n) is 8.02. The summed E-state index contributed by atoms with van der Waals surface area (Å²) in [7, 11) is 0. The van der Waals surface area contributed by atoms with Crippen LogP contribution in [-0.2, 0) is 0 Å². The molecule has 6 atom stereocenters. The Morgan fingerprint density at radius 3 is 3.00 bits per heavy atom. The molecule has 4 aliphatic rings. The van der Waals surface area contributed by atoms with Crippen molar-refractivity contribution in [2.45, 2.75) is 57.0 Å². The summed E-state index contributed by atoms with van der Waals surface area (Å²) in [6.45, 7) is 2.35. The smallest absolute Gasteiger partial charge is 0.129 e. The number of hydrogen-bond acceptors (Lipinski definition) is 3. The van der Waals surface area contributed by atoms with E-state index in [2.05, 4.69) is 25.1 Å². The van der Waals surface area contributed by atoms with E-state index in [1.54, 1.807) is 0 Å². The lowest BCUT2D eigenvalue weighted by Gasteiger charge is -2.58. The molecule has 3 unspecified atom stereocenters. The van der Waals surface area contributed by atoms with Crippen molar-refractivity contribution in [3.05, 3.63) is 29.7 Å². The van der Waals surface area contributed by atoms with Gasteiger partial charge in [-0.05, 0) is 79.3 Å². The molecular formula is C20H26O3. The van der Waals surface area contributed by atoms with E-state index in [0.717, 1.165) is 31.4 Å². The molecule has 0 radical (unpaired) electrons. The fraction of sp³-hybridized carbons (Fsp3) is 0.700. The normalized spacial score (nSPS) is 50.3. The third-order valence-corrected chi connectivity index (χ3v) is 8.02. The van der Waals surface area contributed by atoms with E-state index in [9.17, 15) is 10.2 Å². The van der Waals surface area contributed by atoms with Crippen molar-refractivity contribution < 1.29 is 14.6 Å². The monoisotopic (exact) mass is 314 g/mol. The summed E-state index contributed by atoms with van der Waals surface area (Å²) >= 11 is 0. The Balaban J connectivity index is 1.58. The van der Waals surface area contributed by atoms with Crippen LogP contribution in [0.3, 0.4) is 0 Å². The summed E-state index contributed by atoms with van der Waals surface area (Å²) in [5, 5.41) is 20.7. The second-order valence-electron chi connectivity index (χ2n) is 8.86. The quantitative estimate of drug-likeness (QED) is 0.830. The van der Waals surface area contributed by atoms with Crippen LogP contribution in [-0.4, -0.2) is 22.4 Å². The van der Waals surface area contributed by atoms with Crippen molar-refractivity contribution in [2.24, 2.45) is 22.7 Å². The van der Waals surface area contributed by atoms with Gasteiger partial charge in [0, 0.05) is 5.56 Å². The molecule has 3 saturated carbocycles. The average molecular weight is 314 g/mol. The van der Waals surface area contributed by atoms with Crippen LogP contribution in [0.1, 0.15) is 62.7 Å². The molecule has 3 heteroatoms. The van der Waals surface area contributed by atoms with Crippen molar-refractivity contribution in [2.75, 3.05) is 6.61 Å². The Labute approximate surface area is 137 Å². The largest absolute Gasteiger partial charge is 0.465 e. The van der Waals surface area contributed by atoms with Gasteiger partial charge in [0.05, 0.1) is 18.5 Å². The Morgan fingerprint density at radius 2 is 2.17 bits per heavy atom. The van der Waals surface area contributed by atoms with E-state index >= 15 is 0 Å². The van der Waals surface area contributed by atoms with E-state index in [-0.39, 0.29) is 17.4 Å². The second-order valence-corrected chi connectivity index (χ2v) is 8.86. The van der Waals surface area contributed by atoms with Crippen LogP contribution >= 0.6 is 0 Å². The maximum Gasteiger partial charge on any atom is 0.129 e. The molecule has 2 N–H and O–H groups in total. The number of allylic oxidation sites excluding steroid dienone is 1. The number of hydrogen-bond donors (Lipinski definition) is 2. The molecule has 0 amide bonds. The van der Waals surface area contributed by atoms with Gasteiger partial charge in [-0.2, -0.15) is 0 Å². The minimum atomic E-state index is -0.836. The lowest BCUT2D eigenvalue weighted by Crippen LogP contribution is -2.49. The van der Waals surface area contributed by atoms with E-state index in [1.807, 2.05) is 6.26 Å². The first kappa shape index (κ1) is 14.3. The zero-order valence-corrected chi connectivity index (χ0v) is 13.8. The molecular weight excluding hydrogens is 288 g/mol. The van der Waals surface area contributed by atoms with Crippen LogP contribution in [0.2, 0.25) is 0 Å². The highest BCUT2D eigenvalue weighted by Crippen LogP contribution is 2.71. The minimum absolute atomic E-state index is 0.0754. The molecule has 2 bridgehead atoms. The Morgan fingerprint density at radius 1 is 1.30 bits per heavy atom. The highest BCUT2D eigenvalue weighted by molar-refractivity contribution is 5.55. The van der Waals surface area contributed by atoms with Gasteiger partial charge in [0.2, 0.25) is 0 Å². The van der Waals surface area contributed by atoms with Crippen molar-refractivity contribution in [1.82, 2.24) is 0 Å². The minimum Gasteiger partial charge on any atom is -0.465 e. The van der Waals surface area contributed by atoms with Crippen LogP contribution < -0.4 is 0 Å². The van der Waals surface area contributed by atoms with E-state index in [1.165, 1.54) is 18.4 Å². The predicted molar refractivity (Wildman–Crippen MR) is 87.7 cm³/mol. The van der Waals surface area contributed by atoms with Crippen LogP contribution in [0, 0.1) is 22.7 Å². The molecule has 124 valence electrons. The molecule has 3 fully saturated rings. The highest BCUT2D eigenvalue weighted by Gasteiger charge is 2.65. The third kappa shape index (κ3) is 1.63. The maximum absolute atomic E-state index is 10.9. The van der Waals surface area contributed by atoms with Gasteiger partial charge in [-0.1, -0.05) is 13.0 Å². The number of rotatable bonds is 1. The number of aliphatic hydroxyl groups excluding tert-OH is 1. The zero-order chi connectivity index (χ0) is 15.9. The summed E-state index contributed by atoms with van der Waals surface area (Å²) in [6.07, 6.45) is 12.9. The molecule has 4 aliphatic carbocycles. The standard InChI is InChI=1S/C20H26O3/c1-18-7-5-16-14(6-9-23-16)15(18)4-8-19-10-13(2-3-17(18)19)20(22,11-19)12-21/h5-7,9,13,15,17,21-22H,2-4,8,10-12H2,1H3/t13?,15?,17?,18-,19+,20+/m1/s1. The summed E-state index contributed by atoms with van der Waals surface area (Å²) in [5.74, 6) is 2.47. The molecule has 0 aromatic carbocycles. The Kier molecular flexibility index (Phi) is 2.68. The molecule has 1 aromatic heterocycles. The van der Waals surface area contributed by atoms with Crippen LogP contribution in [0.25, 0.3) is 6.08 Å². The summed E-state index contributed by atoms with van der Waals surface area (Å²) in [5.41, 5.74) is 0.914. The predicted octanol–water partition coefficient (Wildman–Crippen LogP) is 3.72. The first-order valence-corrected chi connectivity index (χ1v) is 9.11. The lowest BCUT2D eigenvalue weighted by molar-refractivity contribution is -0.0517. The number of furan rings is 1. The van der Waals surface area contributed by atoms with Gasteiger partial charge < -0.3 is 14.6 Å². The van der Waals surface area contributed by atoms with Crippen LogP contribution in [0.4, 0.5) is 0 Å². The Bertz CT molecular complexity index is 676. The van der Waals surface area contributed by atoms with Gasteiger partial charge in [-0.25, -0.2) is 0 Å². The van der Waals surface area contributed by atoms with Crippen molar-refractivity contribution in [3.8, 4) is 0 Å². The first-order chi connectivity index (χ1) is 11.0. The molecule has 3 nitrogen and oxygen atoms in total. The average Bonchev–Trinajstić information content (AvgIpc) is 3.09. The van der Waals surface area contributed by atoms with Crippen LogP contribution in [0.5, 0.6) is 0 Å². The summed E-state index contributed by atoms with van der Waals surface area (Å²) in [4.78, 5) is 0. The molecule has 1 heterocycles. The molecule has 23 heavy (non-hydrogen) atoms. The molecule has 0 aliphatic heterocycles. The van der Waals surface area contributed by atoms with Gasteiger partial charge in [-0.3, -0.25) is 0 Å². The Hall–Kier alpha value is -1.06. The number of aliphatic hydroxyl groups is 2. The van der Waals surface area contributed by atoms with Gasteiger partial charge in [0.25, 0.3) is 0 Å². The van der Waals surface area contributed by atoms with Gasteiger partial charge in [0.1, 0.15) is 5.76 Å². The van der Waals surface area contributed by atoms with Crippen LogP contribution in [0.15, 0.2) is 22.8 Å². The SMILES string of the molecule is C[C@@]12C=Cc3occc3C1CC[C@@]13CC(CCC12)[C@@](O)(CO)C3.